The van der Waals surface area contributed by atoms with Crippen LogP contribution in [0.15, 0.2) is 0 Å². The molecule has 198 valence electrons. The van der Waals surface area contributed by atoms with Crippen molar-refractivity contribution in [1.29, 1.82) is 0 Å². The van der Waals surface area contributed by atoms with E-state index in [1.165, 1.54) is 0 Å². The summed E-state index contributed by atoms with van der Waals surface area (Å²) in [4.78, 5) is 53.6. The van der Waals surface area contributed by atoms with Crippen molar-refractivity contribution in [2.45, 2.75) is 0 Å². The Hall–Kier alpha value is -1.06. The monoisotopic (exact) mass is 774 g/mol. The molecule has 0 amide bonds. The topological polar surface area (TPSA) is 556 Å². The molecule has 0 aliphatic rings. The summed E-state index contributed by atoms with van der Waals surface area (Å²) >= 11 is 0. The van der Waals surface area contributed by atoms with E-state index in [0.717, 1.165) is 0 Å². The van der Waals surface area contributed by atoms with Gasteiger partial charge in [0.05, 0.1) is 35.8 Å². The van der Waals surface area contributed by atoms with E-state index in [1.807, 2.05) is 0 Å². The third kappa shape index (κ3) is 151. The number of carboxylic acid groups (broad SMARTS) is 6. The van der Waals surface area contributed by atoms with Gasteiger partial charge >= 0.3 is 75.5 Å². The zero-order valence-corrected chi connectivity index (χ0v) is 17.4. The molecule has 0 aliphatic carbocycles. The van der Waals surface area contributed by atoms with Crippen LogP contribution >= 0.6 is 0 Å². The second-order valence-corrected chi connectivity index (χ2v) is 1.72. The summed E-state index contributed by atoms with van der Waals surface area (Å²) in [6, 6.07) is 0. The predicted molar refractivity (Wildman–Crippen MR) is 66.2 cm³/mol. The maximum atomic E-state index is 8.93. The van der Waals surface area contributed by atoms with E-state index < -0.39 is 35.8 Å². The standard InChI is InChI=1S/3C2H2O4.2Ho.10H2O/c3*3-1(4)2(5)6;;;;;;;;;;;;/h3*(H,3,4)(H,5,6);;;10*1H2/q;;;2*+3;;;;;;;;;;/p-6. The van der Waals surface area contributed by atoms with Gasteiger partial charge in [0.1, 0.15) is 0 Å². The maximum absolute atomic E-state index is 8.93. The van der Waals surface area contributed by atoms with Crippen LogP contribution in [0.3, 0.4) is 0 Å². The number of hydrogen-bond acceptors (Lipinski definition) is 12. The molecule has 30 heavy (non-hydrogen) atoms. The zero-order chi connectivity index (χ0) is 15.5. The van der Waals surface area contributed by atoms with Crippen molar-refractivity contribution in [1.82, 2.24) is 0 Å². The fourth-order valence-electron chi connectivity index (χ4n) is 0. The number of carbonyl (C=O) groups excluding carboxylic acids is 6. The SMILES string of the molecule is O.O.O.O.O.O.O.O.O.O.O=C([O-])C(=O)[O-].O=C([O-])C(=O)[O-].O=C([O-])C(=O)[O-].[Ho+3].[Ho+3]. The first kappa shape index (κ1) is 116. The average molecular weight is 774 g/mol. The molecule has 0 heterocycles. The van der Waals surface area contributed by atoms with Gasteiger partial charge in [-0.05, 0) is 0 Å². The number of carbonyl (C=O) groups is 6. The van der Waals surface area contributed by atoms with E-state index in [4.69, 9.17) is 59.4 Å². The molecule has 0 unspecified atom stereocenters. The Morgan fingerprint density at radius 1 is 0.267 bits per heavy atom. The third-order valence-electron chi connectivity index (χ3n) is 0.500. The summed E-state index contributed by atoms with van der Waals surface area (Å²) in [5.74, 6) is -13.1. The van der Waals surface area contributed by atoms with Gasteiger partial charge in [0, 0.05) is 0 Å². The number of aliphatic carboxylic acids is 6. The Balaban J connectivity index is -0.00000000721. The number of carboxylic acids is 6. The van der Waals surface area contributed by atoms with Crippen LogP contribution in [0.2, 0.25) is 0 Å². The molecule has 0 saturated heterocycles. The molecule has 0 rings (SSSR count). The first-order valence-corrected chi connectivity index (χ1v) is 3.20. The Bertz CT molecular complexity index is 287. The van der Waals surface area contributed by atoms with Crippen molar-refractivity contribution in [2.75, 3.05) is 0 Å². The van der Waals surface area contributed by atoms with Crippen molar-refractivity contribution >= 4 is 35.8 Å². The van der Waals surface area contributed by atoms with E-state index in [-0.39, 0.29) is 130 Å². The quantitative estimate of drug-likeness (QED) is 0.164. The van der Waals surface area contributed by atoms with E-state index in [9.17, 15) is 0 Å². The molecule has 0 spiro atoms. The van der Waals surface area contributed by atoms with Crippen molar-refractivity contribution < 1.29 is 190 Å². The second kappa shape index (κ2) is 70.7. The summed E-state index contributed by atoms with van der Waals surface area (Å²) in [5.41, 5.74) is 0. The van der Waals surface area contributed by atoms with Crippen LogP contribution in [-0.2, 0) is 28.8 Å². The van der Waals surface area contributed by atoms with Gasteiger partial charge in [0.25, 0.3) is 0 Å². The summed E-state index contributed by atoms with van der Waals surface area (Å²) in [5, 5.41) is 53.6. The minimum atomic E-state index is -2.19. The van der Waals surface area contributed by atoms with Gasteiger partial charge in [-0.25, -0.2) is 0 Å². The van der Waals surface area contributed by atoms with Crippen molar-refractivity contribution in [2.24, 2.45) is 0 Å². The normalized spacial score (nSPS) is 4.40. The van der Waals surface area contributed by atoms with Gasteiger partial charge in [-0.15, -0.1) is 0 Å². The minimum absolute atomic E-state index is 0. The summed E-state index contributed by atoms with van der Waals surface area (Å²) in [7, 11) is 0. The Labute approximate surface area is 223 Å². The fourth-order valence-corrected chi connectivity index (χ4v) is 0. The molecular weight excluding hydrogens is 754 g/mol. The van der Waals surface area contributed by atoms with Crippen molar-refractivity contribution in [3.8, 4) is 0 Å². The smallest absolute Gasteiger partial charge is 0.543 e. The van der Waals surface area contributed by atoms with Crippen LogP contribution in [-0.4, -0.2) is 90.6 Å². The van der Waals surface area contributed by atoms with E-state index in [0.29, 0.717) is 0 Å². The molecule has 22 nitrogen and oxygen atoms in total. The molecule has 0 fully saturated rings. The summed E-state index contributed by atoms with van der Waals surface area (Å²) < 4.78 is 0. The molecule has 0 aromatic carbocycles. The second-order valence-electron chi connectivity index (χ2n) is 1.72. The van der Waals surface area contributed by atoms with Crippen molar-refractivity contribution in [3.05, 3.63) is 0 Å². The van der Waals surface area contributed by atoms with Crippen LogP contribution in [0, 0.1) is 75.5 Å². The zero-order valence-electron chi connectivity index (χ0n) is 13.5. The van der Waals surface area contributed by atoms with Crippen LogP contribution < -0.4 is 30.6 Å². The molecule has 0 aromatic heterocycles. The van der Waals surface area contributed by atoms with Crippen molar-refractivity contribution in [3.63, 3.8) is 0 Å². The summed E-state index contributed by atoms with van der Waals surface area (Å²) in [6.07, 6.45) is 0. The molecular formula is C6H20Ho2O22. The van der Waals surface area contributed by atoms with E-state index in [2.05, 4.69) is 0 Å². The average Bonchev–Trinajstić information content (AvgIpc) is 2.18. The maximum Gasteiger partial charge on any atom is 3.00 e. The predicted octanol–water partition coefficient (Wildman–Crippen LogP) is -18.8. The molecule has 0 radical (unpaired) electrons. The Kier molecular flexibility index (Phi) is 274. The summed E-state index contributed by atoms with van der Waals surface area (Å²) in [6.45, 7) is 0. The van der Waals surface area contributed by atoms with Crippen LogP contribution in [0.5, 0.6) is 0 Å². The fraction of sp³-hybridized carbons (Fsp3) is 0. The van der Waals surface area contributed by atoms with Gasteiger partial charge in [0.2, 0.25) is 0 Å². The van der Waals surface area contributed by atoms with Crippen LogP contribution in [0.25, 0.3) is 0 Å². The van der Waals surface area contributed by atoms with Crippen LogP contribution in [0.1, 0.15) is 0 Å². The van der Waals surface area contributed by atoms with Gasteiger partial charge in [0.15, 0.2) is 0 Å². The Morgan fingerprint density at radius 3 is 0.300 bits per heavy atom. The molecule has 20 N–H and O–H groups in total. The molecule has 0 bridgehead atoms. The van der Waals surface area contributed by atoms with Gasteiger partial charge in [-0.1, -0.05) is 0 Å². The first-order valence-electron chi connectivity index (χ1n) is 3.20. The third-order valence-corrected chi connectivity index (χ3v) is 0.500. The minimum Gasteiger partial charge on any atom is -0.543 e. The van der Waals surface area contributed by atoms with E-state index >= 15 is 0 Å². The largest absolute Gasteiger partial charge is 3.00 e. The van der Waals surface area contributed by atoms with Gasteiger partial charge in [-0.2, -0.15) is 0 Å². The van der Waals surface area contributed by atoms with Gasteiger partial charge < -0.3 is 114 Å². The van der Waals surface area contributed by atoms with Crippen LogP contribution in [0.4, 0.5) is 0 Å². The first-order chi connectivity index (χ1) is 7.93. The molecule has 0 aromatic rings. The van der Waals surface area contributed by atoms with E-state index in [1.54, 1.807) is 0 Å². The number of hydrogen-bond donors (Lipinski definition) is 0. The molecule has 0 atom stereocenters. The van der Waals surface area contributed by atoms with Gasteiger partial charge in [-0.3, -0.25) is 0 Å². The Morgan fingerprint density at radius 2 is 0.300 bits per heavy atom. The molecule has 24 heteroatoms. The molecule has 0 aliphatic heterocycles. The number of rotatable bonds is 0. The molecule has 0 saturated carbocycles.